The van der Waals surface area contributed by atoms with Gasteiger partial charge < -0.3 is 9.47 Å². The van der Waals surface area contributed by atoms with Crippen LogP contribution in [0.5, 0.6) is 0 Å². The first kappa shape index (κ1) is 31.4. The summed E-state index contributed by atoms with van der Waals surface area (Å²) >= 11 is 0. The number of amides is 1. The summed E-state index contributed by atoms with van der Waals surface area (Å²) in [5, 5.41) is 0. The number of cyclic esters (lactones) is 1. The summed E-state index contributed by atoms with van der Waals surface area (Å²) in [6, 6.07) is 17.1. The third kappa shape index (κ3) is 6.40. The molecule has 232 valence electrons. The zero-order valence-electron chi connectivity index (χ0n) is 26.0. The number of benzene rings is 3. The lowest BCUT2D eigenvalue weighted by Crippen LogP contribution is -2.35. The minimum atomic E-state index is -4.49. The summed E-state index contributed by atoms with van der Waals surface area (Å²) in [5.74, 6) is -0.387. The number of alkyl halides is 3. The molecule has 1 fully saturated rings. The Morgan fingerprint density at radius 1 is 1.02 bits per heavy atom. The first-order valence-electron chi connectivity index (χ1n) is 14.8. The van der Waals surface area contributed by atoms with E-state index in [1.165, 1.54) is 12.7 Å². The molecule has 1 saturated heterocycles. The molecule has 44 heavy (non-hydrogen) atoms. The number of carbonyl (C=O) groups is 2. The SMILES string of the molecule is COC(=O)c1ccc(-c2cc(C3=C(CN4C(=O)O[C@H](c5cc(C)cc(C(F)(F)F)c5)[C@@H]4C)CC(C)(C)CC3)ccc2C)cc1. The Balaban J connectivity index is 1.48. The molecule has 0 radical (unpaired) electrons. The van der Waals surface area contributed by atoms with E-state index in [0.29, 0.717) is 23.2 Å². The van der Waals surface area contributed by atoms with Crippen LogP contribution in [0, 0.1) is 19.3 Å². The van der Waals surface area contributed by atoms with Crippen LogP contribution in [0.4, 0.5) is 18.0 Å². The van der Waals surface area contributed by atoms with Crippen LogP contribution in [-0.4, -0.2) is 36.7 Å². The summed E-state index contributed by atoms with van der Waals surface area (Å²) in [7, 11) is 1.36. The van der Waals surface area contributed by atoms with Crippen molar-refractivity contribution in [3.63, 3.8) is 0 Å². The maximum Gasteiger partial charge on any atom is 0.416 e. The summed E-state index contributed by atoms with van der Waals surface area (Å²) < 4.78 is 51.2. The third-order valence-corrected chi connectivity index (χ3v) is 8.88. The Kier molecular flexibility index (Phi) is 8.40. The zero-order valence-corrected chi connectivity index (χ0v) is 26.0. The predicted octanol–water partition coefficient (Wildman–Crippen LogP) is 9.32. The highest BCUT2D eigenvalue weighted by atomic mass is 19.4. The molecule has 8 heteroatoms. The Morgan fingerprint density at radius 3 is 2.36 bits per heavy atom. The smallest absolute Gasteiger partial charge is 0.416 e. The second-order valence-electron chi connectivity index (χ2n) is 12.8. The molecule has 3 aromatic carbocycles. The number of esters is 1. The quantitative estimate of drug-likeness (QED) is 0.263. The predicted molar refractivity (Wildman–Crippen MR) is 164 cm³/mol. The lowest BCUT2D eigenvalue weighted by atomic mass is 9.72. The van der Waals surface area contributed by atoms with Crippen LogP contribution < -0.4 is 0 Å². The molecule has 0 spiro atoms. The number of hydrogen-bond acceptors (Lipinski definition) is 4. The summed E-state index contributed by atoms with van der Waals surface area (Å²) in [5.41, 5.74) is 7.06. The van der Waals surface area contributed by atoms with Gasteiger partial charge in [-0.1, -0.05) is 49.7 Å². The zero-order chi connectivity index (χ0) is 32.0. The number of halogens is 3. The molecule has 3 aromatic rings. The molecule has 1 amide bonds. The summed E-state index contributed by atoms with van der Waals surface area (Å²) in [6.45, 7) is 10.3. The Bertz CT molecular complexity index is 1620. The van der Waals surface area contributed by atoms with Crippen LogP contribution in [0.25, 0.3) is 16.7 Å². The topological polar surface area (TPSA) is 55.8 Å². The second-order valence-corrected chi connectivity index (χ2v) is 12.8. The molecule has 0 unspecified atom stereocenters. The van der Waals surface area contributed by atoms with Gasteiger partial charge in [0.1, 0.15) is 6.10 Å². The van der Waals surface area contributed by atoms with Crippen molar-refractivity contribution in [1.29, 1.82) is 0 Å². The van der Waals surface area contributed by atoms with E-state index in [4.69, 9.17) is 9.47 Å². The van der Waals surface area contributed by atoms with Crippen LogP contribution in [0.2, 0.25) is 0 Å². The highest BCUT2D eigenvalue weighted by Crippen LogP contribution is 2.45. The lowest BCUT2D eigenvalue weighted by molar-refractivity contribution is -0.137. The van der Waals surface area contributed by atoms with Crippen molar-refractivity contribution in [2.45, 2.75) is 72.2 Å². The van der Waals surface area contributed by atoms with E-state index in [-0.39, 0.29) is 11.4 Å². The number of methoxy groups -OCH3 is 1. The number of aryl methyl sites for hydroxylation is 2. The number of ether oxygens (including phenoxy) is 2. The Hall–Kier alpha value is -4.07. The number of hydrogen-bond donors (Lipinski definition) is 0. The molecule has 2 atom stereocenters. The maximum atomic E-state index is 13.6. The molecule has 1 aliphatic carbocycles. The van der Waals surface area contributed by atoms with Gasteiger partial charge in [0.2, 0.25) is 0 Å². The Labute approximate surface area is 256 Å². The van der Waals surface area contributed by atoms with Gasteiger partial charge in [0.25, 0.3) is 0 Å². The van der Waals surface area contributed by atoms with Crippen molar-refractivity contribution < 1.29 is 32.2 Å². The minimum Gasteiger partial charge on any atom is -0.465 e. The van der Waals surface area contributed by atoms with E-state index in [1.807, 2.05) is 26.0 Å². The van der Waals surface area contributed by atoms with Crippen molar-refractivity contribution in [2.24, 2.45) is 5.41 Å². The van der Waals surface area contributed by atoms with E-state index < -0.39 is 30.0 Å². The summed E-state index contributed by atoms with van der Waals surface area (Å²) in [4.78, 5) is 26.8. The van der Waals surface area contributed by atoms with Crippen molar-refractivity contribution in [1.82, 2.24) is 4.90 Å². The molecule has 1 aliphatic heterocycles. The average Bonchev–Trinajstić information content (AvgIpc) is 3.24. The van der Waals surface area contributed by atoms with Crippen LogP contribution in [0.15, 0.2) is 66.2 Å². The highest BCUT2D eigenvalue weighted by Gasteiger charge is 2.42. The largest absolute Gasteiger partial charge is 0.465 e. The normalized spacial score (nSPS) is 20.1. The van der Waals surface area contributed by atoms with E-state index in [9.17, 15) is 22.8 Å². The average molecular weight is 606 g/mol. The van der Waals surface area contributed by atoms with E-state index >= 15 is 0 Å². The number of allylic oxidation sites excluding steroid dienone is 1. The maximum absolute atomic E-state index is 13.6. The van der Waals surface area contributed by atoms with Gasteiger partial charge in [-0.05, 0) is 115 Å². The number of nitrogens with zero attached hydrogens (tertiary/aromatic N) is 1. The van der Waals surface area contributed by atoms with E-state index in [1.54, 1.807) is 30.0 Å². The second kappa shape index (κ2) is 11.8. The molecular formula is C36H38F3NO4. The molecule has 0 aromatic heterocycles. The molecule has 0 bridgehead atoms. The van der Waals surface area contributed by atoms with Gasteiger partial charge in [0.15, 0.2) is 0 Å². The van der Waals surface area contributed by atoms with Crippen LogP contribution in [-0.2, 0) is 15.7 Å². The molecule has 0 N–H and O–H groups in total. The standard InChI is InChI=1S/C36H38F3NO4/c1-21-15-27(17-29(16-21)36(37,38)39)32-23(3)40(34(42)44-32)20-28-19-35(4,5)14-13-30(28)26-8-7-22(2)31(18-26)24-9-11-25(12-10-24)33(41)43-6/h7-12,15-18,23,32H,13-14,19-20H2,1-6H3/t23-,32-/m0/s1. The van der Waals surface area contributed by atoms with Gasteiger partial charge in [-0.2, -0.15) is 13.2 Å². The van der Waals surface area contributed by atoms with Gasteiger partial charge in [-0.25, -0.2) is 9.59 Å². The lowest BCUT2D eigenvalue weighted by Gasteiger charge is -2.35. The van der Waals surface area contributed by atoms with E-state index in [0.717, 1.165) is 59.2 Å². The molecular weight excluding hydrogens is 567 g/mol. The van der Waals surface area contributed by atoms with Crippen molar-refractivity contribution in [3.8, 4) is 11.1 Å². The van der Waals surface area contributed by atoms with Gasteiger partial charge in [-0.3, -0.25) is 4.90 Å². The first-order chi connectivity index (χ1) is 20.7. The molecule has 0 saturated carbocycles. The minimum absolute atomic E-state index is 0.0283. The van der Waals surface area contributed by atoms with Gasteiger partial charge in [0, 0.05) is 6.54 Å². The fourth-order valence-corrected chi connectivity index (χ4v) is 6.44. The van der Waals surface area contributed by atoms with Crippen LogP contribution >= 0.6 is 0 Å². The number of carbonyl (C=O) groups excluding carboxylic acids is 2. The van der Waals surface area contributed by atoms with Crippen molar-refractivity contribution in [3.05, 3.63) is 99.6 Å². The van der Waals surface area contributed by atoms with E-state index in [2.05, 4.69) is 32.0 Å². The van der Waals surface area contributed by atoms with Crippen LogP contribution in [0.3, 0.4) is 0 Å². The molecule has 5 rings (SSSR count). The Morgan fingerprint density at radius 2 is 1.70 bits per heavy atom. The van der Waals surface area contributed by atoms with Crippen LogP contribution in [0.1, 0.15) is 84.3 Å². The monoisotopic (exact) mass is 605 g/mol. The fourth-order valence-electron chi connectivity index (χ4n) is 6.44. The van der Waals surface area contributed by atoms with Gasteiger partial charge in [-0.15, -0.1) is 0 Å². The van der Waals surface area contributed by atoms with Gasteiger partial charge >= 0.3 is 18.2 Å². The molecule has 1 heterocycles. The van der Waals surface area contributed by atoms with Gasteiger partial charge in [0.05, 0.1) is 24.3 Å². The number of rotatable bonds is 6. The molecule has 2 aliphatic rings. The summed E-state index contributed by atoms with van der Waals surface area (Å²) in [6.07, 6.45) is -3.22. The fraction of sp³-hybridized carbons (Fsp3) is 0.389. The van der Waals surface area contributed by atoms with Crippen molar-refractivity contribution >= 4 is 17.6 Å². The highest BCUT2D eigenvalue weighted by molar-refractivity contribution is 5.90. The van der Waals surface area contributed by atoms with Crippen molar-refractivity contribution in [2.75, 3.05) is 13.7 Å². The third-order valence-electron chi connectivity index (χ3n) is 8.88. The first-order valence-corrected chi connectivity index (χ1v) is 14.8. The molecule has 5 nitrogen and oxygen atoms in total.